The van der Waals surface area contributed by atoms with Crippen molar-refractivity contribution in [3.8, 4) is 0 Å². The average Bonchev–Trinajstić information content (AvgIpc) is 1.36. The zero-order valence-electron chi connectivity index (χ0n) is 63.0. The van der Waals surface area contributed by atoms with Gasteiger partial charge < -0.3 is 33.8 Å². The first kappa shape index (κ1) is 94.1. The Kier molecular flexibility index (Phi) is 65.0. The molecule has 17 nitrogen and oxygen atoms in total. The molecule has 0 radical (unpaired) electrons. The molecule has 0 fully saturated rings. The number of hydrogen-bond donors (Lipinski definition) is 3. The number of carbonyl (C=O) groups excluding carboxylic acids is 4. The van der Waals surface area contributed by atoms with Crippen molar-refractivity contribution in [1.29, 1.82) is 0 Å². The number of rotatable bonds is 74. The third kappa shape index (κ3) is 70.5. The minimum absolute atomic E-state index is 0.105. The van der Waals surface area contributed by atoms with Crippen LogP contribution in [0.4, 0.5) is 0 Å². The van der Waals surface area contributed by atoms with Gasteiger partial charge in [-0.3, -0.25) is 37.3 Å². The highest BCUT2D eigenvalue weighted by atomic mass is 31.2. The Morgan fingerprint density at radius 2 is 0.438 bits per heavy atom. The fourth-order valence-corrected chi connectivity index (χ4v) is 13.3. The van der Waals surface area contributed by atoms with Crippen LogP contribution in [0.1, 0.15) is 389 Å². The first-order valence-electron chi connectivity index (χ1n) is 39.7. The Balaban J connectivity index is 5.28. The molecular weight excluding hydrogens is 1260 g/mol. The molecule has 0 aliphatic carbocycles. The molecule has 0 spiro atoms. The van der Waals surface area contributed by atoms with Gasteiger partial charge >= 0.3 is 39.5 Å². The number of phosphoric ester groups is 2. The summed E-state index contributed by atoms with van der Waals surface area (Å²) in [5, 5.41) is 10.6. The first-order valence-corrected chi connectivity index (χ1v) is 42.7. The van der Waals surface area contributed by atoms with Gasteiger partial charge in [0.15, 0.2) is 12.2 Å². The highest BCUT2D eigenvalue weighted by molar-refractivity contribution is 7.47. The number of aliphatic hydroxyl groups is 1. The number of unbranched alkanes of at least 4 members (excludes halogenated alkanes) is 40. The molecule has 0 heterocycles. The molecule has 0 aromatic carbocycles. The van der Waals surface area contributed by atoms with Gasteiger partial charge in [0.1, 0.15) is 19.3 Å². The second-order valence-corrected chi connectivity index (χ2v) is 32.6. The molecule has 0 bridgehead atoms. The van der Waals surface area contributed by atoms with Gasteiger partial charge in [-0.15, -0.1) is 0 Å². The second kappa shape index (κ2) is 66.3. The van der Waals surface area contributed by atoms with E-state index in [4.69, 9.17) is 37.0 Å². The van der Waals surface area contributed by atoms with Crippen LogP contribution >= 0.6 is 15.6 Å². The van der Waals surface area contributed by atoms with Crippen molar-refractivity contribution in [1.82, 2.24) is 0 Å². The third-order valence-corrected chi connectivity index (χ3v) is 19.7. The lowest BCUT2D eigenvalue weighted by molar-refractivity contribution is -0.161. The van der Waals surface area contributed by atoms with Crippen LogP contribution in [0.2, 0.25) is 0 Å². The lowest BCUT2D eigenvalue weighted by atomic mass is 10.0. The van der Waals surface area contributed by atoms with Crippen molar-refractivity contribution < 1.29 is 80.2 Å². The largest absolute Gasteiger partial charge is 0.472 e. The van der Waals surface area contributed by atoms with Crippen LogP contribution in [0.3, 0.4) is 0 Å². The van der Waals surface area contributed by atoms with Crippen LogP contribution in [-0.4, -0.2) is 96.7 Å². The normalized spacial score (nSPS) is 14.1. The van der Waals surface area contributed by atoms with E-state index in [-0.39, 0.29) is 25.7 Å². The summed E-state index contributed by atoms with van der Waals surface area (Å²) in [5.41, 5.74) is 0. The van der Waals surface area contributed by atoms with E-state index in [1.165, 1.54) is 193 Å². The lowest BCUT2D eigenvalue weighted by Gasteiger charge is -2.21. The van der Waals surface area contributed by atoms with Crippen LogP contribution in [-0.2, 0) is 65.4 Å². The van der Waals surface area contributed by atoms with Crippen LogP contribution in [0, 0.1) is 23.7 Å². The van der Waals surface area contributed by atoms with E-state index in [1.807, 2.05) is 0 Å². The molecule has 570 valence electrons. The Hall–Kier alpha value is -1.94. The highest BCUT2D eigenvalue weighted by Gasteiger charge is 2.30. The average molecular weight is 1410 g/mol. The van der Waals surface area contributed by atoms with Crippen molar-refractivity contribution in [3.05, 3.63) is 0 Å². The fraction of sp³-hybridized carbons (Fsp3) is 0.948. The molecule has 0 amide bonds. The van der Waals surface area contributed by atoms with E-state index < -0.39 is 97.5 Å². The molecule has 0 rings (SSSR count). The topological polar surface area (TPSA) is 237 Å². The maximum atomic E-state index is 13.1. The minimum Gasteiger partial charge on any atom is -0.462 e. The second-order valence-electron chi connectivity index (χ2n) is 29.7. The number of ether oxygens (including phenoxy) is 4. The van der Waals surface area contributed by atoms with Crippen LogP contribution in [0.25, 0.3) is 0 Å². The first-order chi connectivity index (χ1) is 46.1. The van der Waals surface area contributed by atoms with Gasteiger partial charge in [0, 0.05) is 25.7 Å². The van der Waals surface area contributed by atoms with Gasteiger partial charge in [-0.2, -0.15) is 0 Å². The van der Waals surface area contributed by atoms with E-state index in [9.17, 15) is 43.2 Å². The molecule has 5 atom stereocenters. The Morgan fingerprint density at radius 3 is 0.646 bits per heavy atom. The van der Waals surface area contributed by atoms with Gasteiger partial charge in [-0.25, -0.2) is 9.13 Å². The quantitative estimate of drug-likeness (QED) is 0.0222. The van der Waals surface area contributed by atoms with E-state index in [0.29, 0.717) is 25.7 Å². The predicted octanol–water partition coefficient (Wildman–Crippen LogP) is 22.4. The smallest absolute Gasteiger partial charge is 0.462 e. The number of hydrogen-bond acceptors (Lipinski definition) is 15. The van der Waals surface area contributed by atoms with E-state index in [1.54, 1.807) is 0 Å². The van der Waals surface area contributed by atoms with E-state index in [0.717, 1.165) is 114 Å². The van der Waals surface area contributed by atoms with Gasteiger partial charge in [-0.05, 0) is 49.4 Å². The maximum Gasteiger partial charge on any atom is 0.472 e. The lowest BCUT2D eigenvalue weighted by Crippen LogP contribution is -2.30. The monoisotopic (exact) mass is 1410 g/mol. The zero-order valence-corrected chi connectivity index (χ0v) is 64.8. The van der Waals surface area contributed by atoms with Gasteiger partial charge in [0.05, 0.1) is 26.4 Å². The molecule has 0 aliphatic heterocycles. The molecule has 0 aromatic heterocycles. The molecule has 0 saturated carbocycles. The molecule has 19 heteroatoms. The Labute approximate surface area is 588 Å². The van der Waals surface area contributed by atoms with Crippen molar-refractivity contribution in [2.75, 3.05) is 39.6 Å². The summed E-state index contributed by atoms with van der Waals surface area (Å²) in [6, 6.07) is 0. The van der Waals surface area contributed by atoms with Gasteiger partial charge in [0.2, 0.25) is 0 Å². The van der Waals surface area contributed by atoms with Crippen molar-refractivity contribution in [3.63, 3.8) is 0 Å². The summed E-state index contributed by atoms with van der Waals surface area (Å²) in [6.07, 6.45) is 51.2. The van der Waals surface area contributed by atoms with Crippen molar-refractivity contribution in [2.45, 2.75) is 408 Å². The molecular formula is C77H150O17P2. The number of phosphoric acid groups is 2. The molecule has 3 N–H and O–H groups in total. The SMILES string of the molecule is CC(C)CCCCCCCCCCCCCCC(=O)OC[C@H](COP(=O)(O)OC[C@@H](O)COP(=O)(O)OC[C@@H](COC(=O)CCCCCCCCCCCCC(C)C)OC(=O)CCCCCCCCCCCCC(C)C)OC(=O)CCCCCCCCCCCCCCC(C)C. The van der Waals surface area contributed by atoms with Gasteiger partial charge in [-0.1, -0.05) is 338 Å². The Bertz CT molecular complexity index is 1880. The maximum absolute atomic E-state index is 13.1. The molecule has 0 aromatic rings. The van der Waals surface area contributed by atoms with Crippen LogP contribution in [0.15, 0.2) is 0 Å². The fourth-order valence-electron chi connectivity index (χ4n) is 11.7. The summed E-state index contributed by atoms with van der Waals surface area (Å²) in [4.78, 5) is 72.9. The minimum atomic E-state index is -4.96. The number of carbonyl (C=O) groups is 4. The predicted molar refractivity (Wildman–Crippen MR) is 391 cm³/mol. The van der Waals surface area contributed by atoms with Crippen molar-refractivity contribution in [2.24, 2.45) is 23.7 Å². The molecule has 0 aliphatic rings. The summed E-state index contributed by atoms with van der Waals surface area (Å²) in [5.74, 6) is 0.951. The molecule has 96 heavy (non-hydrogen) atoms. The molecule has 2 unspecified atom stereocenters. The zero-order chi connectivity index (χ0) is 71.0. The van der Waals surface area contributed by atoms with Gasteiger partial charge in [0.25, 0.3) is 0 Å². The van der Waals surface area contributed by atoms with Crippen LogP contribution in [0.5, 0.6) is 0 Å². The summed E-state index contributed by atoms with van der Waals surface area (Å²) >= 11 is 0. The molecule has 0 saturated heterocycles. The third-order valence-electron chi connectivity index (χ3n) is 17.8. The van der Waals surface area contributed by atoms with E-state index in [2.05, 4.69) is 55.4 Å². The highest BCUT2D eigenvalue weighted by Crippen LogP contribution is 2.45. The standard InChI is InChI=1S/C77H150O17P2/c1-67(2)53-45-37-29-21-13-9-11-15-25-33-41-49-57-74(79)87-63-72(93-76(81)59-51-43-35-27-16-12-10-14-22-30-38-46-54-68(3)4)65-91-95(83,84)89-61-71(78)62-90-96(85,86)92-66-73(94-77(82)60-52-44-36-28-20-18-24-32-40-48-56-70(7)8)64-88-75(80)58-50-42-34-26-19-17-23-31-39-47-55-69(5)6/h67-73,78H,9-66H2,1-8H3,(H,83,84)(H,85,86)/t71-,72-,73-/m1/s1. The summed E-state index contributed by atoms with van der Waals surface area (Å²) in [6.45, 7) is 14.2. The van der Waals surface area contributed by atoms with E-state index >= 15 is 0 Å². The number of esters is 4. The summed E-state index contributed by atoms with van der Waals surface area (Å²) in [7, 11) is -9.92. The van der Waals surface area contributed by atoms with Crippen LogP contribution < -0.4 is 0 Å². The Morgan fingerprint density at radius 1 is 0.260 bits per heavy atom. The summed E-state index contributed by atoms with van der Waals surface area (Å²) < 4.78 is 68.6. The van der Waals surface area contributed by atoms with Crippen molar-refractivity contribution >= 4 is 39.5 Å². The number of aliphatic hydroxyl groups excluding tert-OH is 1.